The van der Waals surface area contributed by atoms with Gasteiger partial charge in [0.25, 0.3) is 5.91 Å². The number of carbonyl (C=O) groups excluding carboxylic acids is 1. The number of anilines is 1. The van der Waals surface area contributed by atoms with Crippen LogP contribution in [0, 0.1) is 0 Å². The second-order valence-electron chi connectivity index (χ2n) is 5.67. The van der Waals surface area contributed by atoms with Crippen LogP contribution < -0.4 is 9.64 Å². The van der Waals surface area contributed by atoms with Gasteiger partial charge in [0.05, 0.1) is 10.6 Å². The molecular weight excluding hydrogens is 372 g/mol. The summed E-state index contributed by atoms with van der Waals surface area (Å²) in [5.74, 6) is 0.370. The van der Waals surface area contributed by atoms with Crippen molar-refractivity contribution in [2.45, 2.75) is 19.8 Å². The van der Waals surface area contributed by atoms with Crippen molar-refractivity contribution in [3.63, 3.8) is 0 Å². The molecule has 6 nitrogen and oxygen atoms in total. The van der Waals surface area contributed by atoms with Crippen molar-refractivity contribution in [3.05, 3.63) is 47.2 Å². The highest BCUT2D eigenvalue weighted by Gasteiger charge is 2.31. The van der Waals surface area contributed by atoms with E-state index < -0.39 is 5.97 Å². The summed E-state index contributed by atoms with van der Waals surface area (Å²) in [6.45, 7) is 3.09. The Bertz CT molecular complexity index is 819. The fourth-order valence-electron chi connectivity index (χ4n) is 2.75. The summed E-state index contributed by atoms with van der Waals surface area (Å²) < 4.78 is 6.31. The quantitative estimate of drug-likeness (QED) is 0.590. The van der Waals surface area contributed by atoms with Crippen LogP contribution in [0.2, 0.25) is 0 Å². The topological polar surface area (TPSA) is 70.1 Å². The van der Waals surface area contributed by atoms with Gasteiger partial charge in [-0.25, -0.2) is 0 Å². The van der Waals surface area contributed by atoms with Crippen molar-refractivity contribution in [3.8, 4) is 5.75 Å². The SMILES string of the molecule is CCN1C(=CC=C2SC(=S)N(CCCC(=O)O)C2=O)Oc2ccccc21. The second kappa shape index (κ2) is 7.92. The zero-order valence-corrected chi connectivity index (χ0v) is 15.8. The number of carboxylic acids is 1. The molecule has 2 heterocycles. The Kier molecular flexibility index (Phi) is 5.63. The highest BCUT2D eigenvalue weighted by molar-refractivity contribution is 8.26. The highest BCUT2D eigenvalue weighted by Crippen LogP contribution is 2.39. The van der Waals surface area contributed by atoms with E-state index in [1.807, 2.05) is 36.1 Å². The van der Waals surface area contributed by atoms with Crippen molar-refractivity contribution in [2.75, 3.05) is 18.0 Å². The Hall–Kier alpha value is -2.32. The third-order valence-electron chi connectivity index (χ3n) is 3.98. The molecule has 0 unspecified atom stereocenters. The first kappa shape index (κ1) is 18.5. The molecule has 0 spiro atoms. The van der Waals surface area contributed by atoms with Gasteiger partial charge < -0.3 is 14.7 Å². The summed E-state index contributed by atoms with van der Waals surface area (Å²) >= 11 is 6.46. The number of thioether (sulfide) groups is 1. The number of allylic oxidation sites excluding steroid dienone is 2. The number of hydrogen-bond donors (Lipinski definition) is 1. The number of ether oxygens (including phenoxy) is 1. The maximum atomic E-state index is 12.5. The highest BCUT2D eigenvalue weighted by atomic mass is 32.2. The molecule has 2 aliphatic rings. The Morgan fingerprint density at radius 3 is 2.81 bits per heavy atom. The van der Waals surface area contributed by atoms with Crippen LogP contribution in [0.1, 0.15) is 19.8 Å². The number of para-hydroxylation sites is 2. The summed E-state index contributed by atoms with van der Waals surface area (Å²) in [7, 11) is 0. The van der Waals surface area contributed by atoms with Gasteiger partial charge in [-0.3, -0.25) is 14.5 Å². The van der Waals surface area contributed by atoms with E-state index in [1.165, 1.54) is 16.7 Å². The van der Waals surface area contributed by atoms with Crippen LogP contribution in [-0.4, -0.2) is 39.3 Å². The minimum Gasteiger partial charge on any atom is -0.481 e. The number of benzene rings is 1. The number of nitrogens with zero attached hydrogens (tertiary/aromatic N) is 2. The first-order valence-corrected chi connectivity index (χ1v) is 9.45. The molecule has 8 heteroatoms. The zero-order valence-electron chi connectivity index (χ0n) is 14.2. The van der Waals surface area contributed by atoms with E-state index in [4.69, 9.17) is 22.1 Å². The first-order valence-electron chi connectivity index (χ1n) is 8.23. The monoisotopic (exact) mass is 390 g/mol. The minimum atomic E-state index is -0.881. The number of fused-ring (bicyclic) bond motifs is 1. The summed E-state index contributed by atoms with van der Waals surface area (Å²) in [6, 6.07) is 7.76. The third-order valence-corrected chi connectivity index (χ3v) is 5.37. The molecule has 0 bridgehead atoms. The van der Waals surface area contributed by atoms with Gasteiger partial charge in [0.15, 0.2) is 5.75 Å². The molecule has 0 radical (unpaired) electrons. The summed E-state index contributed by atoms with van der Waals surface area (Å²) in [5, 5.41) is 8.72. The van der Waals surface area contributed by atoms with E-state index in [2.05, 4.69) is 0 Å². The number of hydrogen-bond acceptors (Lipinski definition) is 6. The van der Waals surface area contributed by atoms with Gasteiger partial charge in [0.2, 0.25) is 5.88 Å². The zero-order chi connectivity index (χ0) is 18.7. The van der Waals surface area contributed by atoms with Crippen molar-refractivity contribution in [1.82, 2.24) is 4.90 Å². The molecule has 1 amide bonds. The number of aliphatic carboxylic acids is 1. The van der Waals surface area contributed by atoms with Crippen LogP contribution in [-0.2, 0) is 9.59 Å². The molecule has 0 aliphatic carbocycles. The van der Waals surface area contributed by atoms with Gasteiger partial charge in [0.1, 0.15) is 4.32 Å². The van der Waals surface area contributed by atoms with E-state index in [0.29, 0.717) is 28.1 Å². The number of carboxylic acid groups (broad SMARTS) is 1. The standard InChI is InChI=1S/C18H18N2O4S2/c1-2-19-12-6-3-4-7-13(12)24-15(19)10-9-14-17(23)20(18(25)26-14)11-5-8-16(21)22/h3-4,6-7,9-10H,2,5,8,11H2,1H3,(H,21,22). The lowest BCUT2D eigenvalue weighted by Crippen LogP contribution is -2.29. The van der Waals surface area contributed by atoms with E-state index in [0.717, 1.165) is 18.0 Å². The maximum absolute atomic E-state index is 12.5. The van der Waals surface area contributed by atoms with Crippen LogP contribution in [0.5, 0.6) is 5.75 Å². The van der Waals surface area contributed by atoms with Gasteiger partial charge in [-0.1, -0.05) is 36.1 Å². The van der Waals surface area contributed by atoms with Crippen molar-refractivity contribution in [2.24, 2.45) is 0 Å². The lowest BCUT2D eigenvalue weighted by Gasteiger charge is -2.15. The summed E-state index contributed by atoms with van der Waals surface area (Å²) in [6.07, 6.45) is 3.86. The Morgan fingerprint density at radius 2 is 2.08 bits per heavy atom. The first-order chi connectivity index (χ1) is 12.5. The Labute approximate surface area is 161 Å². The van der Waals surface area contributed by atoms with Gasteiger partial charge in [0, 0.05) is 25.6 Å². The molecular formula is C18H18N2O4S2. The molecule has 1 aromatic carbocycles. The van der Waals surface area contributed by atoms with Gasteiger partial charge >= 0.3 is 5.97 Å². The Morgan fingerprint density at radius 1 is 1.31 bits per heavy atom. The lowest BCUT2D eigenvalue weighted by molar-refractivity contribution is -0.137. The van der Waals surface area contributed by atoms with Gasteiger partial charge in [-0.2, -0.15) is 0 Å². The minimum absolute atomic E-state index is 0.0116. The molecule has 1 saturated heterocycles. The van der Waals surface area contributed by atoms with Crippen molar-refractivity contribution in [1.29, 1.82) is 0 Å². The van der Waals surface area contributed by atoms with E-state index in [9.17, 15) is 9.59 Å². The summed E-state index contributed by atoms with van der Waals surface area (Å²) in [4.78, 5) is 27.1. The average molecular weight is 390 g/mol. The molecule has 2 aliphatic heterocycles. The fourth-order valence-corrected chi connectivity index (χ4v) is 4.00. The largest absolute Gasteiger partial charge is 0.481 e. The molecule has 136 valence electrons. The van der Waals surface area contributed by atoms with Gasteiger partial charge in [-0.15, -0.1) is 0 Å². The van der Waals surface area contributed by atoms with Crippen LogP contribution >= 0.6 is 24.0 Å². The molecule has 1 N–H and O–H groups in total. The van der Waals surface area contributed by atoms with Crippen molar-refractivity contribution < 1.29 is 19.4 Å². The molecule has 0 atom stereocenters. The van der Waals surface area contributed by atoms with Crippen LogP contribution in [0.15, 0.2) is 47.2 Å². The number of thiocarbonyl (C=S) groups is 1. The fraction of sp³-hybridized carbons (Fsp3) is 0.278. The predicted octanol–water partition coefficient (Wildman–Crippen LogP) is 3.36. The van der Waals surface area contributed by atoms with Gasteiger partial charge in [-0.05, 0) is 31.6 Å². The second-order valence-corrected chi connectivity index (χ2v) is 7.35. The molecule has 1 aromatic rings. The lowest BCUT2D eigenvalue weighted by atomic mass is 10.3. The van der Waals surface area contributed by atoms with Crippen LogP contribution in [0.25, 0.3) is 0 Å². The number of amides is 1. The van der Waals surface area contributed by atoms with E-state index in [-0.39, 0.29) is 12.3 Å². The molecule has 0 aromatic heterocycles. The maximum Gasteiger partial charge on any atom is 0.303 e. The normalized spacial score (nSPS) is 19.4. The van der Waals surface area contributed by atoms with Crippen LogP contribution in [0.3, 0.4) is 0 Å². The van der Waals surface area contributed by atoms with E-state index >= 15 is 0 Å². The Balaban J connectivity index is 1.73. The molecule has 0 saturated carbocycles. The molecule has 26 heavy (non-hydrogen) atoms. The average Bonchev–Trinajstić information content (AvgIpc) is 3.10. The predicted molar refractivity (Wildman–Crippen MR) is 105 cm³/mol. The van der Waals surface area contributed by atoms with Crippen LogP contribution in [0.4, 0.5) is 5.69 Å². The van der Waals surface area contributed by atoms with Crippen molar-refractivity contribution >= 4 is 45.9 Å². The molecule has 3 rings (SSSR count). The third kappa shape index (κ3) is 3.76. The number of carbonyl (C=O) groups is 2. The molecule has 1 fully saturated rings. The summed E-state index contributed by atoms with van der Waals surface area (Å²) in [5.41, 5.74) is 0.996. The van der Waals surface area contributed by atoms with E-state index in [1.54, 1.807) is 12.2 Å². The smallest absolute Gasteiger partial charge is 0.303 e. The number of rotatable bonds is 6.